The molecule has 5 heteroatoms. The number of ether oxygens (including phenoxy) is 1. The third kappa shape index (κ3) is 3.60. The molecule has 0 radical (unpaired) electrons. The molecule has 0 saturated carbocycles. The lowest BCUT2D eigenvalue weighted by Gasteiger charge is -2.30. The normalized spacial score (nSPS) is 16.1. The van der Waals surface area contributed by atoms with Crippen LogP contribution in [-0.2, 0) is 9.59 Å². The summed E-state index contributed by atoms with van der Waals surface area (Å²) in [6, 6.07) is 5.62. The van der Waals surface area contributed by atoms with Crippen LogP contribution in [0.15, 0.2) is 22.7 Å². The van der Waals surface area contributed by atoms with Gasteiger partial charge in [0.25, 0.3) is 0 Å². The molecule has 1 saturated heterocycles. The molecule has 1 fully saturated rings. The molecule has 1 heterocycles. The lowest BCUT2D eigenvalue weighted by Crippen LogP contribution is -2.40. The second kappa shape index (κ2) is 6.39. The van der Waals surface area contributed by atoms with Gasteiger partial charge < -0.3 is 9.64 Å². The minimum absolute atomic E-state index is 0.0677. The van der Waals surface area contributed by atoms with Crippen LogP contribution < -0.4 is 4.74 Å². The molecular formula is C15H18BrNO3. The van der Waals surface area contributed by atoms with Crippen LogP contribution in [0.5, 0.6) is 5.75 Å². The second-order valence-corrected chi connectivity index (χ2v) is 5.99. The van der Waals surface area contributed by atoms with E-state index in [1.807, 2.05) is 19.1 Å². The van der Waals surface area contributed by atoms with E-state index in [0.29, 0.717) is 31.7 Å². The fraction of sp³-hybridized carbons (Fsp3) is 0.467. The van der Waals surface area contributed by atoms with Crippen LogP contribution >= 0.6 is 15.9 Å². The summed E-state index contributed by atoms with van der Waals surface area (Å²) in [6.07, 6.45) is 1.34. The van der Waals surface area contributed by atoms with Crippen molar-refractivity contribution in [3.63, 3.8) is 0 Å². The molecule has 0 spiro atoms. The zero-order valence-electron chi connectivity index (χ0n) is 11.7. The summed E-state index contributed by atoms with van der Waals surface area (Å²) in [4.78, 5) is 25.2. The lowest BCUT2D eigenvalue weighted by atomic mass is 9.97. The summed E-state index contributed by atoms with van der Waals surface area (Å²) in [5.74, 6) is 0.282. The van der Waals surface area contributed by atoms with Crippen LogP contribution in [0.3, 0.4) is 0 Å². The fourth-order valence-electron chi connectivity index (χ4n) is 2.31. The monoisotopic (exact) mass is 339 g/mol. The van der Waals surface area contributed by atoms with Crippen molar-refractivity contribution in [3.8, 4) is 5.75 Å². The summed E-state index contributed by atoms with van der Waals surface area (Å²) in [5, 5.41) is 0. The number of esters is 1. The standard InChI is InChI=1S/C15H18BrNO3/c1-10-3-4-14(13(16)9-10)20-15(19)12-5-7-17(8-6-12)11(2)18/h3-4,9,12H,5-8H2,1-2H3. The molecule has 1 aliphatic rings. The highest BCUT2D eigenvalue weighted by Crippen LogP contribution is 2.28. The maximum Gasteiger partial charge on any atom is 0.314 e. The Morgan fingerprint density at radius 3 is 2.50 bits per heavy atom. The quantitative estimate of drug-likeness (QED) is 0.614. The number of rotatable bonds is 2. The maximum absolute atomic E-state index is 12.1. The van der Waals surface area contributed by atoms with Crippen LogP contribution in [0.4, 0.5) is 0 Å². The molecule has 1 aliphatic heterocycles. The van der Waals surface area contributed by atoms with E-state index in [0.717, 1.165) is 10.0 Å². The molecule has 0 bridgehead atoms. The lowest BCUT2D eigenvalue weighted by molar-refractivity contribution is -0.142. The summed E-state index contributed by atoms with van der Waals surface area (Å²) in [7, 11) is 0. The van der Waals surface area contributed by atoms with E-state index in [9.17, 15) is 9.59 Å². The van der Waals surface area contributed by atoms with Crippen molar-refractivity contribution in [1.29, 1.82) is 0 Å². The number of hydrogen-bond donors (Lipinski definition) is 0. The number of carbonyl (C=O) groups excluding carboxylic acids is 2. The number of likely N-dealkylation sites (tertiary alicyclic amines) is 1. The van der Waals surface area contributed by atoms with Crippen LogP contribution in [0.1, 0.15) is 25.3 Å². The van der Waals surface area contributed by atoms with Crippen molar-refractivity contribution < 1.29 is 14.3 Å². The van der Waals surface area contributed by atoms with E-state index < -0.39 is 0 Å². The highest BCUT2D eigenvalue weighted by atomic mass is 79.9. The first kappa shape index (κ1) is 15.0. The first-order valence-corrected chi connectivity index (χ1v) is 7.50. The zero-order chi connectivity index (χ0) is 14.7. The van der Waals surface area contributed by atoms with E-state index in [4.69, 9.17) is 4.74 Å². The number of piperidine rings is 1. The minimum Gasteiger partial charge on any atom is -0.425 e. The zero-order valence-corrected chi connectivity index (χ0v) is 13.3. The van der Waals surface area contributed by atoms with Crippen molar-refractivity contribution >= 4 is 27.8 Å². The Labute approximate surface area is 127 Å². The van der Waals surface area contributed by atoms with Crippen molar-refractivity contribution in [2.24, 2.45) is 5.92 Å². The van der Waals surface area contributed by atoms with E-state index >= 15 is 0 Å². The van der Waals surface area contributed by atoms with E-state index in [-0.39, 0.29) is 17.8 Å². The minimum atomic E-state index is -0.210. The molecule has 0 aromatic heterocycles. The molecule has 0 aliphatic carbocycles. The van der Waals surface area contributed by atoms with Gasteiger partial charge in [-0.1, -0.05) is 6.07 Å². The number of halogens is 1. The predicted molar refractivity (Wildman–Crippen MR) is 79.5 cm³/mol. The van der Waals surface area contributed by atoms with Crippen LogP contribution in [0, 0.1) is 12.8 Å². The Balaban J connectivity index is 1.94. The smallest absolute Gasteiger partial charge is 0.314 e. The Morgan fingerprint density at radius 1 is 1.30 bits per heavy atom. The first-order valence-electron chi connectivity index (χ1n) is 6.70. The summed E-state index contributed by atoms with van der Waals surface area (Å²) >= 11 is 3.40. The number of carbonyl (C=O) groups is 2. The Kier molecular flexibility index (Phi) is 4.81. The summed E-state index contributed by atoms with van der Waals surface area (Å²) in [5.41, 5.74) is 1.10. The maximum atomic E-state index is 12.1. The predicted octanol–water partition coefficient (Wildman–Crippen LogP) is 2.92. The number of aryl methyl sites for hydroxylation is 1. The molecule has 0 unspecified atom stereocenters. The van der Waals surface area contributed by atoms with Crippen LogP contribution in [0.2, 0.25) is 0 Å². The molecule has 1 aromatic carbocycles. The molecule has 0 atom stereocenters. The van der Waals surface area contributed by atoms with E-state index in [2.05, 4.69) is 15.9 Å². The van der Waals surface area contributed by atoms with Crippen LogP contribution in [0.25, 0.3) is 0 Å². The number of amides is 1. The van der Waals surface area contributed by atoms with E-state index in [1.54, 1.807) is 17.9 Å². The van der Waals surface area contributed by atoms with Gasteiger partial charge >= 0.3 is 5.97 Å². The summed E-state index contributed by atoms with van der Waals surface area (Å²) in [6.45, 7) is 4.80. The number of benzene rings is 1. The van der Waals surface area contributed by atoms with Gasteiger partial charge in [0.05, 0.1) is 10.4 Å². The average Bonchev–Trinajstić information content (AvgIpc) is 2.42. The number of nitrogens with zero attached hydrogens (tertiary/aromatic N) is 1. The van der Waals surface area contributed by atoms with Gasteiger partial charge in [0.2, 0.25) is 5.91 Å². The SMILES string of the molecule is CC(=O)N1CCC(C(=O)Oc2ccc(C)cc2Br)CC1. The third-order valence-electron chi connectivity index (χ3n) is 3.57. The van der Waals surface area contributed by atoms with Gasteiger partial charge in [-0.3, -0.25) is 9.59 Å². The topological polar surface area (TPSA) is 46.6 Å². The van der Waals surface area contributed by atoms with Gasteiger partial charge in [-0.15, -0.1) is 0 Å². The van der Waals surface area contributed by atoms with Gasteiger partial charge in [-0.2, -0.15) is 0 Å². The number of hydrogen-bond acceptors (Lipinski definition) is 3. The molecule has 1 aromatic rings. The molecule has 108 valence electrons. The molecule has 2 rings (SSSR count). The molecule has 4 nitrogen and oxygen atoms in total. The molecule has 0 N–H and O–H groups in total. The highest BCUT2D eigenvalue weighted by molar-refractivity contribution is 9.10. The highest BCUT2D eigenvalue weighted by Gasteiger charge is 2.27. The largest absolute Gasteiger partial charge is 0.425 e. The molecular weight excluding hydrogens is 322 g/mol. The van der Waals surface area contributed by atoms with Crippen molar-refractivity contribution in [3.05, 3.63) is 28.2 Å². The molecule has 20 heavy (non-hydrogen) atoms. The van der Waals surface area contributed by atoms with Gasteiger partial charge in [0, 0.05) is 20.0 Å². The van der Waals surface area contributed by atoms with Gasteiger partial charge in [-0.05, 0) is 53.4 Å². The first-order chi connectivity index (χ1) is 9.47. The van der Waals surface area contributed by atoms with Crippen LogP contribution in [-0.4, -0.2) is 29.9 Å². The average molecular weight is 340 g/mol. The molecule has 1 amide bonds. The Hall–Kier alpha value is -1.36. The Bertz CT molecular complexity index is 522. The van der Waals surface area contributed by atoms with Crippen molar-refractivity contribution in [2.45, 2.75) is 26.7 Å². The van der Waals surface area contributed by atoms with Gasteiger partial charge in [0.15, 0.2) is 0 Å². The van der Waals surface area contributed by atoms with Crippen molar-refractivity contribution in [2.75, 3.05) is 13.1 Å². The van der Waals surface area contributed by atoms with Gasteiger partial charge in [0.1, 0.15) is 5.75 Å². The third-order valence-corrected chi connectivity index (χ3v) is 4.19. The summed E-state index contributed by atoms with van der Waals surface area (Å²) < 4.78 is 6.23. The Morgan fingerprint density at radius 2 is 1.95 bits per heavy atom. The van der Waals surface area contributed by atoms with E-state index in [1.165, 1.54) is 0 Å². The fourth-order valence-corrected chi connectivity index (χ4v) is 2.88. The van der Waals surface area contributed by atoms with Crippen molar-refractivity contribution in [1.82, 2.24) is 4.90 Å². The second-order valence-electron chi connectivity index (χ2n) is 5.14. The van der Waals surface area contributed by atoms with Gasteiger partial charge in [-0.25, -0.2) is 0 Å².